The number of carbonyl (C=O) groups is 4. The molecule has 5 aromatic carbocycles. The first-order valence-corrected chi connectivity index (χ1v) is 26.7. The highest BCUT2D eigenvalue weighted by Gasteiger charge is 2.17. The van der Waals surface area contributed by atoms with Gasteiger partial charge in [0.2, 0.25) is 0 Å². The highest BCUT2D eigenvalue weighted by Crippen LogP contribution is 2.37. The summed E-state index contributed by atoms with van der Waals surface area (Å²) in [5, 5.41) is 3.17. The minimum absolute atomic E-state index is 0.200. The van der Waals surface area contributed by atoms with Gasteiger partial charge in [-0.05, 0) is 147 Å². The Hall–Kier alpha value is -7.12. The fourth-order valence-corrected chi connectivity index (χ4v) is 8.82. The Morgan fingerprint density at radius 1 is 0.459 bits per heavy atom. The van der Waals surface area contributed by atoms with Crippen molar-refractivity contribution in [1.29, 1.82) is 0 Å². The van der Waals surface area contributed by atoms with Gasteiger partial charge in [0.05, 0.1) is 62.9 Å². The largest absolute Gasteiger partial charge is 0.494 e. The topological polar surface area (TPSA) is 146 Å². The SMILES string of the molecule is C=CC(=O)OCCCCCCOc1ccc(CCOC(=O)c2ccc3c(c2)nc(Sc2ccc(OCCCCCC)cc2)c2cc(C(=O)OCCc4ccc(OCCCCCCOC(=O)C=C)cc4)ccc23)cc1. The van der Waals surface area contributed by atoms with Gasteiger partial charge in [0.15, 0.2) is 0 Å². The van der Waals surface area contributed by atoms with E-state index in [0.29, 0.717) is 67.5 Å². The van der Waals surface area contributed by atoms with Crippen LogP contribution in [-0.2, 0) is 41.4 Å². The van der Waals surface area contributed by atoms with Gasteiger partial charge in [-0.1, -0.05) is 87.5 Å². The van der Waals surface area contributed by atoms with Gasteiger partial charge >= 0.3 is 23.9 Å². The van der Waals surface area contributed by atoms with Crippen LogP contribution in [0.3, 0.4) is 0 Å². The number of esters is 4. The Bertz CT molecular complexity index is 2740. The fourth-order valence-electron chi connectivity index (χ4n) is 7.90. The number of hydrogen-bond acceptors (Lipinski definition) is 13. The monoisotopic (exact) mass is 1020 g/mol. The molecule has 0 aliphatic rings. The van der Waals surface area contributed by atoms with E-state index in [2.05, 4.69) is 20.1 Å². The lowest BCUT2D eigenvalue weighted by atomic mass is 10.0. The molecule has 0 saturated heterocycles. The molecule has 6 rings (SSSR count). The first-order chi connectivity index (χ1) is 36.2. The molecule has 390 valence electrons. The zero-order valence-electron chi connectivity index (χ0n) is 42.7. The van der Waals surface area contributed by atoms with Crippen molar-refractivity contribution in [3.8, 4) is 17.2 Å². The molecule has 0 atom stereocenters. The molecule has 12 nitrogen and oxygen atoms in total. The number of nitrogens with zero attached hydrogens (tertiary/aromatic N) is 1. The molecular formula is C61H69NO11S. The van der Waals surface area contributed by atoms with Crippen molar-refractivity contribution in [2.75, 3.05) is 46.2 Å². The maximum absolute atomic E-state index is 13.6. The van der Waals surface area contributed by atoms with Crippen molar-refractivity contribution in [1.82, 2.24) is 4.98 Å². The molecule has 0 saturated carbocycles. The van der Waals surface area contributed by atoms with Crippen LogP contribution in [0.15, 0.2) is 144 Å². The van der Waals surface area contributed by atoms with E-state index in [1.165, 1.54) is 36.8 Å². The van der Waals surface area contributed by atoms with Gasteiger partial charge in [-0.3, -0.25) is 0 Å². The lowest BCUT2D eigenvalue weighted by Gasteiger charge is -2.13. The Morgan fingerprint density at radius 3 is 1.36 bits per heavy atom. The third kappa shape index (κ3) is 19.1. The zero-order chi connectivity index (χ0) is 52.2. The number of benzene rings is 5. The number of aromatic nitrogens is 1. The summed E-state index contributed by atoms with van der Waals surface area (Å²) in [6, 6.07) is 34.4. The van der Waals surface area contributed by atoms with Gasteiger partial charge in [0, 0.05) is 40.7 Å². The van der Waals surface area contributed by atoms with Crippen LogP contribution in [0, 0.1) is 0 Å². The molecule has 0 fully saturated rings. The van der Waals surface area contributed by atoms with Gasteiger partial charge < -0.3 is 33.2 Å². The second-order valence-corrected chi connectivity index (χ2v) is 18.8. The number of rotatable bonds is 34. The summed E-state index contributed by atoms with van der Waals surface area (Å²) in [5.74, 6) is 0.691. The normalized spacial score (nSPS) is 10.9. The van der Waals surface area contributed by atoms with E-state index in [4.69, 9.17) is 38.1 Å². The van der Waals surface area contributed by atoms with Crippen LogP contribution in [0.2, 0.25) is 0 Å². The second kappa shape index (κ2) is 31.5. The number of ether oxygens (including phenoxy) is 7. The fraction of sp³-hybridized carbons (Fsp3) is 0.361. The molecule has 0 bridgehead atoms. The van der Waals surface area contributed by atoms with Crippen LogP contribution in [0.4, 0.5) is 0 Å². The molecule has 0 spiro atoms. The van der Waals surface area contributed by atoms with E-state index in [0.717, 1.165) is 114 Å². The molecule has 1 heterocycles. The van der Waals surface area contributed by atoms with Crippen molar-refractivity contribution in [3.63, 3.8) is 0 Å². The lowest BCUT2D eigenvalue weighted by molar-refractivity contribution is -0.138. The maximum Gasteiger partial charge on any atom is 0.338 e. The van der Waals surface area contributed by atoms with Gasteiger partial charge in [0.25, 0.3) is 0 Å². The Morgan fingerprint density at radius 2 is 0.892 bits per heavy atom. The third-order valence-electron chi connectivity index (χ3n) is 12.1. The van der Waals surface area contributed by atoms with Crippen LogP contribution < -0.4 is 14.2 Å². The molecular weight excluding hydrogens is 955 g/mol. The van der Waals surface area contributed by atoms with Crippen LogP contribution in [0.25, 0.3) is 21.7 Å². The van der Waals surface area contributed by atoms with Crippen LogP contribution in [0.5, 0.6) is 17.2 Å². The summed E-state index contributed by atoms with van der Waals surface area (Å²) < 4.78 is 39.4. The van der Waals surface area contributed by atoms with E-state index in [-0.39, 0.29) is 13.2 Å². The van der Waals surface area contributed by atoms with Crippen LogP contribution in [-0.4, -0.2) is 75.1 Å². The van der Waals surface area contributed by atoms with E-state index in [1.54, 1.807) is 18.2 Å². The molecule has 0 amide bonds. The first kappa shape index (κ1) is 56.2. The summed E-state index contributed by atoms with van der Waals surface area (Å²) in [5.41, 5.74) is 3.45. The minimum Gasteiger partial charge on any atom is -0.494 e. The van der Waals surface area contributed by atoms with Crippen LogP contribution in [0.1, 0.15) is 116 Å². The number of carbonyl (C=O) groups excluding carboxylic acids is 4. The van der Waals surface area contributed by atoms with Gasteiger partial charge in [-0.25, -0.2) is 24.2 Å². The minimum atomic E-state index is -0.445. The number of pyridine rings is 1. The van der Waals surface area contributed by atoms with Crippen molar-refractivity contribution in [2.24, 2.45) is 0 Å². The average Bonchev–Trinajstić information content (AvgIpc) is 3.43. The Kier molecular flexibility index (Phi) is 23.9. The van der Waals surface area contributed by atoms with E-state index < -0.39 is 23.9 Å². The third-order valence-corrected chi connectivity index (χ3v) is 13.1. The summed E-state index contributed by atoms with van der Waals surface area (Å²) in [6.45, 7) is 12.0. The zero-order valence-corrected chi connectivity index (χ0v) is 43.5. The smallest absolute Gasteiger partial charge is 0.338 e. The molecule has 74 heavy (non-hydrogen) atoms. The van der Waals surface area contributed by atoms with E-state index in [1.807, 2.05) is 91.0 Å². The second-order valence-electron chi connectivity index (χ2n) is 17.7. The molecule has 0 aliphatic heterocycles. The van der Waals surface area contributed by atoms with Gasteiger partial charge in [0.1, 0.15) is 22.3 Å². The molecule has 1 aromatic heterocycles. The summed E-state index contributed by atoms with van der Waals surface area (Å²) >= 11 is 1.47. The van der Waals surface area contributed by atoms with Gasteiger partial charge in [-0.15, -0.1) is 0 Å². The highest BCUT2D eigenvalue weighted by molar-refractivity contribution is 7.99. The highest BCUT2D eigenvalue weighted by atomic mass is 32.2. The lowest BCUT2D eigenvalue weighted by Crippen LogP contribution is -2.09. The molecule has 0 N–H and O–H groups in total. The van der Waals surface area contributed by atoms with Crippen molar-refractivity contribution in [3.05, 3.63) is 157 Å². The standard InChI is InChI=1S/C61H69NO11S/c1-4-7-8-13-36-69-51-28-30-52(31-29-51)74-59-55-43-47(60(65)72-41-34-45-18-24-49(25-19-45)67-37-14-9-11-16-39-70-57(63)5-2)22-32-53(55)54-33-23-48(44-56(54)62-59)61(66)73-42-35-46-20-26-50(27-21-46)68-38-15-10-12-17-40-71-58(64)6-3/h5-6,18-33,43-44H,2-4,7-17,34-42H2,1H3. The Labute approximate surface area is 439 Å². The van der Waals surface area contributed by atoms with Crippen molar-refractivity contribution in [2.45, 2.75) is 107 Å². The first-order valence-electron chi connectivity index (χ1n) is 25.9. The molecule has 13 heteroatoms. The molecule has 6 aromatic rings. The predicted octanol–water partition coefficient (Wildman–Crippen LogP) is 13.6. The maximum atomic E-state index is 13.6. The quantitative estimate of drug-likeness (QED) is 0.0124. The van der Waals surface area contributed by atoms with E-state index in [9.17, 15) is 19.2 Å². The van der Waals surface area contributed by atoms with Gasteiger partial charge in [-0.2, -0.15) is 0 Å². The summed E-state index contributed by atoms with van der Waals surface area (Å²) in [7, 11) is 0. The average molecular weight is 1020 g/mol. The molecule has 0 aliphatic carbocycles. The predicted molar refractivity (Wildman–Crippen MR) is 291 cm³/mol. The number of fused-ring (bicyclic) bond motifs is 3. The van der Waals surface area contributed by atoms with E-state index >= 15 is 0 Å². The Balaban J connectivity index is 1.04. The number of unbranched alkanes of at least 4 members (excludes halogenated alkanes) is 9. The van der Waals surface area contributed by atoms with Crippen molar-refractivity contribution >= 4 is 57.3 Å². The van der Waals surface area contributed by atoms with Crippen molar-refractivity contribution < 1.29 is 52.3 Å². The summed E-state index contributed by atoms with van der Waals surface area (Å²) in [4.78, 5) is 55.3. The van der Waals surface area contributed by atoms with Crippen LogP contribution >= 0.6 is 11.8 Å². The molecule has 0 radical (unpaired) electrons. The summed E-state index contributed by atoms with van der Waals surface area (Å²) in [6.07, 6.45) is 15.2. The molecule has 0 unspecified atom stereocenters. The number of hydrogen-bond donors (Lipinski definition) is 0.